The van der Waals surface area contributed by atoms with Gasteiger partial charge in [-0.05, 0) is 6.92 Å². The molecule has 0 radical (unpaired) electrons. The van der Waals surface area contributed by atoms with E-state index in [2.05, 4.69) is 6.58 Å². The molecular formula is C7H13NO2. The lowest BCUT2D eigenvalue weighted by molar-refractivity contribution is -0.126. The first-order valence-corrected chi connectivity index (χ1v) is 3.17. The fourth-order valence-electron chi connectivity index (χ4n) is 0.481. The fraction of sp³-hybridized carbons (Fsp3) is 0.571. The van der Waals surface area contributed by atoms with Crippen LogP contribution in [0.1, 0.15) is 6.92 Å². The highest BCUT2D eigenvalue weighted by Gasteiger charge is 2.08. The van der Waals surface area contributed by atoms with E-state index >= 15 is 0 Å². The molecule has 0 spiro atoms. The predicted octanol–water partition coefficient (Wildman–Crippen LogP) is 0.0132. The molecular weight excluding hydrogens is 130 g/mol. The van der Waals surface area contributed by atoms with Gasteiger partial charge in [-0.15, -0.1) is 0 Å². The zero-order valence-electron chi connectivity index (χ0n) is 6.42. The van der Waals surface area contributed by atoms with Crippen LogP contribution in [0, 0.1) is 0 Å². The van der Waals surface area contributed by atoms with E-state index in [4.69, 9.17) is 5.11 Å². The van der Waals surface area contributed by atoms with Gasteiger partial charge in [0.05, 0.1) is 6.61 Å². The lowest BCUT2D eigenvalue weighted by atomic mass is 10.3. The average molecular weight is 143 g/mol. The van der Waals surface area contributed by atoms with Crippen molar-refractivity contribution in [3.63, 3.8) is 0 Å². The lowest BCUT2D eigenvalue weighted by Crippen LogP contribution is -2.28. The minimum atomic E-state index is -0.261. The van der Waals surface area contributed by atoms with E-state index in [1.807, 2.05) is 6.92 Å². The Labute approximate surface area is 61.0 Å². The number of nitrogens with zero attached hydrogens (tertiary/aromatic N) is 1. The van der Waals surface area contributed by atoms with Crippen molar-refractivity contribution < 1.29 is 9.90 Å². The number of likely N-dealkylation sites (N-methyl/N-ethyl adjacent to an activating group) is 1. The van der Waals surface area contributed by atoms with Crippen molar-refractivity contribution in [3.05, 3.63) is 12.2 Å². The van der Waals surface area contributed by atoms with E-state index in [9.17, 15) is 4.79 Å². The summed E-state index contributed by atoms with van der Waals surface area (Å²) in [6, 6.07) is 0. The first kappa shape index (κ1) is 9.17. The van der Waals surface area contributed by atoms with Gasteiger partial charge < -0.3 is 10.0 Å². The standard InChI is InChI=1S/C7H13NO2/c1-4-8(3)7(10)6(2)5-9/h9H,2,4-5H2,1,3H3. The Hall–Kier alpha value is -0.830. The predicted molar refractivity (Wildman–Crippen MR) is 39.5 cm³/mol. The number of carbonyl (C=O) groups excluding carboxylic acids is 1. The van der Waals surface area contributed by atoms with Gasteiger partial charge in [0.1, 0.15) is 0 Å². The van der Waals surface area contributed by atoms with Crippen LogP contribution in [0.2, 0.25) is 0 Å². The van der Waals surface area contributed by atoms with Gasteiger partial charge >= 0.3 is 0 Å². The molecule has 0 aliphatic rings. The van der Waals surface area contributed by atoms with Gasteiger partial charge in [0.25, 0.3) is 5.91 Å². The van der Waals surface area contributed by atoms with Crippen LogP contribution < -0.4 is 0 Å². The number of aliphatic hydroxyl groups excluding tert-OH is 1. The van der Waals surface area contributed by atoms with Crippen molar-refractivity contribution in [2.75, 3.05) is 20.2 Å². The van der Waals surface area contributed by atoms with Crippen LogP contribution in [0.3, 0.4) is 0 Å². The first-order valence-electron chi connectivity index (χ1n) is 3.17. The SMILES string of the molecule is C=C(CO)C(=O)N(C)CC. The van der Waals surface area contributed by atoms with Crippen LogP contribution in [0.4, 0.5) is 0 Å². The van der Waals surface area contributed by atoms with Crippen molar-refractivity contribution in [2.45, 2.75) is 6.92 Å². The summed E-state index contributed by atoms with van der Waals surface area (Å²) >= 11 is 0. The van der Waals surface area contributed by atoms with Crippen LogP contribution in [0.25, 0.3) is 0 Å². The monoisotopic (exact) mass is 143 g/mol. The summed E-state index contributed by atoms with van der Waals surface area (Å²) < 4.78 is 0. The highest BCUT2D eigenvalue weighted by molar-refractivity contribution is 5.92. The van der Waals surface area contributed by atoms with E-state index in [1.54, 1.807) is 7.05 Å². The molecule has 0 fully saturated rings. The summed E-state index contributed by atoms with van der Waals surface area (Å²) in [5.74, 6) is -0.190. The Morgan fingerprint density at radius 1 is 1.70 bits per heavy atom. The Bertz CT molecular complexity index is 143. The maximum Gasteiger partial charge on any atom is 0.251 e. The van der Waals surface area contributed by atoms with Crippen molar-refractivity contribution in [1.82, 2.24) is 4.90 Å². The third-order valence-electron chi connectivity index (χ3n) is 1.31. The van der Waals surface area contributed by atoms with Crippen molar-refractivity contribution in [3.8, 4) is 0 Å². The van der Waals surface area contributed by atoms with Crippen LogP contribution in [-0.2, 0) is 4.79 Å². The topological polar surface area (TPSA) is 40.5 Å². The summed E-state index contributed by atoms with van der Waals surface area (Å²) in [6.45, 7) is 5.64. The number of rotatable bonds is 3. The molecule has 0 aliphatic carbocycles. The Morgan fingerprint density at radius 3 is 2.50 bits per heavy atom. The van der Waals surface area contributed by atoms with Crippen molar-refractivity contribution in [1.29, 1.82) is 0 Å². The molecule has 0 aromatic rings. The molecule has 0 rings (SSSR count). The molecule has 1 amide bonds. The summed E-state index contributed by atoms with van der Waals surface area (Å²) in [5.41, 5.74) is 0.240. The van der Waals surface area contributed by atoms with Crippen molar-refractivity contribution in [2.24, 2.45) is 0 Å². The van der Waals surface area contributed by atoms with E-state index in [-0.39, 0.29) is 18.1 Å². The van der Waals surface area contributed by atoms with Crippen LogP contribution in [-0.4, -0.2) is 36.1 Å². The van der Waals surface area contributed by atoms with Gasteiger partial charge in [-0.25, -0.2) is 0 Å². The maximum atomic E-state index is 11.0. The van der Waals surface area contributed by atoms with E-state index in [1.165, 1.54) is 4.90 Å². The van der Waals surface area contributed by atoms with Crippen LogP contribution >= 0.6 is 0 Å². The number of amides is 1. The highest BCUT2D eigenvalue weighted by atomic mass is 16.3. The first-order chi connectivity index (χ1) is 4.63. The molecule has 0 aromatic carbocycles. The Balaban J connectivity index is 3.95. The maximum absolute atomic E-state index is 11.0. The molecule has 0 atom stereocenters. The zero-order chi connectivity index (χ0) is 8.15. The van der Waals surface area contributed by atoms with Crippen LogP contribution in [0.5, 0.6) is 0 Å². The molecule has 0 bridgehead atoms. The Morgan fingerprint density at radius 2 is 2.20 bits per heavy atom. The summed E-state index contributed by atoms with van der Waals surface area (Å²) in [7, 11) is 1.67. The molecule has 0 heterocycles. The molecule has 3 nitrogen and oxygen atoms in total. The minimum Gasteiger partial charge on any atom is -0.391 e. The number of carbonyl (C=O) groups is 1. The van der Waals surface area contributed by atoms with Gasteiger partial charge in [-0.1, -0.05) is 6.58 Å². The van der Waals surface area contributed by atoms with Gasteiger partial charge in [-0.2, -0.15) is 0 Å². The molecule has 0 unspecified atom stereocenters. The molecule has 0 aromatic heterocycles. The normalized spacial score (nSPS) is 9.10. The fourth-order valence-corrected chi connectivity index (χ4v) is 0.481. The van der Waals surface area contributed by atoms with Crippen LogP contribution in [0.15, 0.2) is 12.2 Å². The second-order valence-electron chi connectivity index (χ2n) is 2.08. The molecule has 0 aliphatic heterocycles. The minimum absolute atomic E-state index is 0.190. The summed E-state index contributed by atoms with van der Waals surface area (Å²) in [6.07, 6.45) is 0. The van der Waals surface area contributed by atoms with Gasteiger partial charge in [0.2, 0.25) is 0 Å². The second kappa shape index (κ2) is 4.06. The quantitative estimate of drug-likeness (QED) is 0.565. The second-order valence-corrected chi connectivity index (χ2v) is 2.08. The van der Waals surface area contributed by atoms with E-state index in [0.29, 0.717) is 6.54 Å². The number of aliphatic hydroxyl groups is 1. The third-order valence-corrected chi connectivity index (χ3v) is 1.31. The Kier molecular flexibility index (Phi) is 3.72. The van der Waals surface area contributed by atoms with E-state index < -0.39 is 0 Å². The molecule has 1 N–H and O–H groups in total. The lowest BCUT2D eigenvalue weighted by Gasteiger charge is -2.14. The van der Waals surface area contributed by atoms with Crippen molar-refractivity contribution >= 4 is 5.91 Å². The average Bonchev–Trinajstić information content (AvgIpc) is 2.00. The summed E-state index contributed by atoms with van der Waals surface area (Å²) in [4.78, 5) is 12.5. The smallest absolute Gasteiger partial charge is 0.251 e. The number of hydrogen-bond acceptors (Lipinski definition) is 2. The van der Waals surface area contributed by atoms with Gasteiger partial charge in [0.15, 0.2) is 0 Å². The molecule has 58 valence electrons. The molecule has 0 saturated heterocycles. The highest BCUT2D eigenvalue weighted by Crippen LogP contribution is 1.94. The largest absolute Gasteiger partial charge is 0.391 e. The zero-order valence-corrected chi connectivity index (χ0v) is 6.42. The molecule has 10 heavy (non-hydrogen) atoms. The summed E-state index contributed by atoms with van der Waals surface area (Å²) in [5, 5.41) is 8.50. The van der Waals surface area contributed by atoms with Gasteiger partial charge in [-0.3, -0.25) is 4.79 Å². The molecule has 0 saturated carbocycles. The molecule has 3 heteroatoms. The third kappa shape index (κ3) is 2.19. The van der Waals surface area contributed by atoms with Gasteiger partial charge in [0, 0.05) is 19.2 Å². The van der Waals surface area contributed by atoms with E-state index in [0.717, 1.165) is 0 Å². The number of hydrogen-bond donors (Lipinski definition) is 1.